The lowest BCUT2D eigenvalue weighted by molar-refractivity contribution is -0.130. The molecule has 6 heteroatoms. The minimum atomic E-state index is -0.233. The van der Waals surface area contributed by atoms with Crippen LogP contribution in [0.2, 0.25) is 0 Å². The van der Waals surface area contributed by atoms with Gasteiger partial charge >= 0.3 is 0 Å². The standard InChI is InChI=1S/C11H18BrN3O2/c1-7-9(3)15(6-5-12)11(8(2)13-7)17-14-10(4)16/h9H,5-6H2,1-4H3,(H,14,16). The highest BCUT2D eigenvalue weighted by atomic mass is 79.9. The summed E-state index contributed by atoms with van der Waals surface area (Å²) in [6.07, 6.45) is 0. The first kappa shape index (κ1) is 14.0. The highest BCUT2D eigenvalue weighted by molar-refractivity contribution is 9.09. The van der Waals surface area contributed by atoms with Crippen LogP contribution in [0.4, 0.5) is 0 Å². The summed E-state index contributed by atoms with van der Waals surface area (Å²) in [7, 11) is 0. The van der Waals surface area contributed by atoms with Gasteiger partial charge < -0.3 is 9.74 Å². The van der Waals surface area contributed by atoms with E-state index in [1.807, 2.05) is 13.8 Å². The van der Waals surface area contributed by atoms with Crippen LogP contribution in [0.3, 0.4) is 0 Å². The lowest BCUT2D eigenvalue weighted by Crippen LogP contribution is -2.43. The van der Waals surface area contributed by atoms with E-state index in [4.69, 9.17) is 4.84 Å². The summed E-state index contributed by atoms with van der Waals surface area (Å²) in [5.74, 6) is 0.376. The Kier molecular flexibility index (Phi) is 4.99. The van der Waals surface area contributed by atoms with Crippen molar-refractivity contribution in [2.45, 2.75) is 33.7 Å². The summed E-state index contributed by atoms with van der Waals surface area (Å²) in [4.78, 5) is 22.7. The summed E-state index contributed by atoms with van der Waals surface area (Å²) in [5, 5.41) is 0.824. The molecule has 0 aromatic carbocycles. The smallest absolute Gasteiger partial charge is 0.249 e. The van der Waals surface area contributed by atoms with Crippen molar-refractivity contribution in [3.8, 4) is 0 Å². The monoisotopic (exact) mass is 303 g/mol. The van der Waals surface area contributed by atoms with Gasteiger partial charge in [-0.15, -0.1) is 0 Å². The Morgan fingerprint density at radius 2 is 2.24 bits per heavy atom. The second-order valence-corrected chi connectivity index (χ2v) is 4.76. The van der Waals surface area contributed by atoms with Crippen molar-refractivity contribution < 1.29 is 9.63 Å². The minimum absolute atomic E-state index is 0.167. The Labute approximate surface area is 110 Å². The zero-order valence-electron chi connectivity index (χ0n) is 10.6. The molecule has 1 atom stereocenters. The number of allylic oxidation sites excluding steroid dienone is 1. The Morgan fingerprint density at radius 3 is 2.76 bits per heavy atom. The second-order valence-electron chi connectivity index (χ2n) is 3.96. The van der Waals surface area contributed by atoms with E-state index in [2.05, 4.69) is 38.2 Å². The predicted octanol–water partition coefficient (Wildman–Crippen LogP) is 1.80. The van der Waals surface area contributed by atoms with Crippen LogP contribution in [0.25, 0.3) is 0 Å². The molecular weight excluding hydrogens is 286 g/mol. The van der Waals surface area contributed by atoms with Gasteiger partial charge in [0.2, 0.25) is 11.8 Å². The van der Waals surface area contributed by atoms with Crippen LogP contribution in [0.1, 0.15) is 27.7 Å². The van der Waals surface area contributed by atoms with Crippen LogP contribution in [0.15, 0.2) is 16.6 Å². The molecule has 1 unspecified atom stereocenters. The van der Waals surface area contributed by atoms with Crippen molar-refractivity contribution in [2.24, 2.45) is 4.99 Å². The van der Waals surface area contributed by atoms with Crippen LogP contribution in [0.5, 0.6) is 0 Å². The molecule has 0 aromatic rings. The maximum Gasteiger partial charge on any atom is 0.249 e. The maximum atomic E-state index is 10.9. The largest absolute Gasteiger partial charge is 0.359 e. The molecular formula is C11H18BrN3O2. The minimum Gasteiger partial charge on any atom is -0.359 e. The van der Waals surface area contributed by atoms with Crippen LogP contribution in [-0.4, -0.2) is 34.4 Å². The lowest BCUT2D eigenvalue weighted by Gasteiger charge is -2.35. The number of rotatable bonds is 4. The van der Waals surface area contributed by atoms with Crippen LogP contribution in [-0.2, 0) is 9.63 Å². The van der Waals surface area contributed by atoms with Crippen LogP contribution in [0, 0.1) is 0 Å². The summed E-state index contributed by atoms with van der Waals surface area (Å²) in [5.41, 5.74) is 4.16. The molecule has 96 valence electrons. The molecule has 0 spiro atoms. The molecule has 0 aromatic heterocycles. The predicted molar refractivity (Wildman–Crippen MR) is 70.7 cm³/mol. The highest BCUT2D eigenvalue weighted by Gasteiger charge is 2.26. The van der Waals surface area contributed by atoms with Crippen molar-refractivity contribution in [3.63, 3.8) is 0 Å². The number of carbonyl (C=O) groups is 1. The lowest BCUT2D eigenvalue weighted by atomic mass is 10.1. The van der Waals surface area contributed by atoms with Crippen molar-refractivity contribution in [2.75, 3.05) is 11.9 Å². The number of aliphatic imine (C=N–C) groups is 1. The topological polar surface area (TPSA) is 53.9 Å². The van der Waals surface area contributed by atoms with Crippen molar-refractivity contribution in [1.29, 1.82) is 0 Å². The van der Waals surface area contributed by atoms with Gasteiger partial charge in [-0.2, -0.15) is 5.48 Å². The van der Waals surface area contributed by atoms with Crippen LogP contribution >= 0.6 is 15.9 Å². The Morgan fingerprint density at radius 1 is 1.59 bits per heavy atom. The summed E-state index contributed by atoms with van der Waals surface area (Å²) < 4.78 is 0. The Bertz CT molecular complexity index is 366. The SMILES string of the molecule is CC(=O)NOC1=C(C)N=C(C)C(C)N1CCBr. The molecule has 1 aliphatic rings. The van der Waals surface area contributed by atoms with E-state index in [1.165, 1.54) is 6.92 Å². The molecule has 1 rings (SSSR count). The van der Waals surface area contributed by atoms with Crippen LogP contribution < -0.4 is 5.48 Å². The van der Waals surface area contributed by atoms with Crippen molar-refractivity contribution in [1.82, 2.24) is 10.4 Å². The molecule has 0 bridgehead atoms. The van der Waals surface area contributed by atoms with Crippen molar-refractivity contribution >= 4 is 27.5 Å². The normalized spacial score (nSPS) is 20.2. The first-order valence-electron chi connectivity index (χ1n) is 5.49. The molecule has 5 nitrogen and oxygen atoms in total. The first-order chi connectivity index (χ1) is 7.97. The molecule has 1 N–H and O–H groups in total. The third kappa shape index (κ3) is 3.46. The molecule has 0 saturated heterocycles. The summed E-state index contributed by atoms with van der Waals surface area (Å²) in [6.45, 7) is 8.12. The fraction of sp³-hybridized carbons (Fsp3) is 0.636. The molecule has 1 amide bonds. The van der Waals surface area contributed by atoms with E-state index >= 15 is 0 Å². The van der Waals surface area contributed by atoms with E-state index in [0.29, 0.717) is 5.88 Å². The number of hydrogen-bond donors (Lipinski definition) is 1. The molecule has 0 fully saturated rings. The van der Waals surface area contributed by atoms with Gasteiger partial charge in [-0.25, -0.2) is 0 Å². The average Bonchev–Trinajstić information content (AvgIpc) is 2.24. The maximum absolute atomic E-state index is 10.9. The van der Waals surface area contributed by atoms with E-state index in [-0.39, 0.29) is 11.9 Å². The van der Waals surface area contributed by atoms with Gasteiger partial charge in [-0.1, -0.05) is 15.9 Å². The quantitative estimate of drug-likeness (QED) is 0.636. The second kappa shape index (κ2) is 6.05. The van der Waals surface area contributed by atoms with Gasteiger partial charge in [0.1, 0.15) is 5.70 Å². The zero-order chi connectivity index (χ0) is 13.0. The summed E-state index contributed by atoms with van der Waals surface area (Å²) in [6, 6.07) is 0.167. The Hall–Kier alpha value is -1.04. The number of nitrogens with one attached hydrogen (secondary N) is 1. The first-order valence-corrected chi connectivity index (χ1v) is 6.61. The van der Waals surface area contributed by atoms with Gasteiger partial charge in [0.05, 0.1) is 6.04 Å². The highest BCUT2D eigenvalue weighted by Crippen LogP contribution is 2.22. The molecule has 17 heavy (non-hydrogen) atoms. The fourth-order valence-electron chi connectivity index (χ4n) is 1.65. The third-order valence-electron chi connectivity index (χ3n) is 2.60. The number of amides is 1. The number of nitrogens with zero attached hydrogens (tertiary/aromatic N) is 2. The van der Waals surface area contributed by atoms with Crippen molar-refractivity contribution in [3.05, 3.63) is 11.6 Å². The number of carbonyl (C=O) groups excluding carboxylic acids is 1. The van der Waals surface area contributed by atoms with Gasteiger partial charge in [0, 0.05) is 24.5 Å². The zero-order valence-corrected chi connectivity index (χ0v) is 12.2. The molecule has 0 saturated carbocycles. The molecule has 1 heterocycles. The number of hydrogen-bond acceptors (Lipinski definition) is 4. The Balaban J connectivity index is 2.91. The summed E-state index contributed by atoms with van der Waals surface area (Å²) >= 11 is 3.41. The van der Waals surface area contributed by atoms with E-state index in [1.54, 1.807) is 0 Å². The van der Waals surface area contributed by atoms with Gasteiger partial charge in [0.25, 0.3) is 0 Å². The van der Waals surface area contributed by atoms with E-state index in [0.717, 1.165) is 23.3 Å². The average molecular weight is 304 g/mol. The van der Waals surface area contributed by atoms with E-state index in [9.17, 15) is 4.79 Å². The van der Waals surface area contributed by atoms with Gasteiger partial charge in [-0.3, -0.25) is 9.79 Å². The molecule has 0 radical (unpaired) electrons. The molecule has 1 aliphatic heterocycles. The number of alkyl halides is 1. The van der Waals surface area contributed by atoms with Gasteiger partial charge in [-0.05, 0) is 20.8 Å². The fourth-order valence-corrected chi connectivity index (χ4v) is 2.04. The third-order valence-corrected chi connectivity index (χ3v) is 2.96. The number of halogens is 1. The molecule has 0 aliphatic carbocycles. The number of hydroxylamine groups is 1. The van der Waals surface area contributed by atoms with E-state index < -0.39 is 0 Å². The van der Waals surface area contributed by atoms with Gasteiger partial charge in [0.15, 0.2) is 0 Å².